The maximum atomic E-state index is 11.0. The molecule has 94 valence electrons. The minimum atomic E-state index is -0.388. The lowest BCUT2D eigenvalue weighted by Crippen LogP contribution is -2.37. The molecule has 0 saturated heterocycles. The van der Waals surface area contributed by atoms with Crippen LogP contribution in [-0.4, -0.2) is 20.1 Å². The van der Waals surface area contributed by atoms with Crippen molar-refractivity contribution in [3.63, 3.8) is 0 Å². The highest BCUT2D eigenvalue weighted by molar-refractivity contribution is 5.49. The molecule has 0 heterocycles. The maximum absolute atomic E-state index is 11.0. The van der Waals surface area contributed by atoms with Crippen LogP contribution in [0.1, 0.15) is 34.1 Å². The van der Waals surface area contributed by atoms with Crippen LogP contribution >= 0.6 is 0 Å². The van der Waals surface area contributed by atoms with Crippen LogP contribution in [0.15, 0.2) is 15.7 Å². The third kappa shape index (κ3) is 4.57. The van der Waals surface area contributed by atoms with Crippen molar-refractivity contribution in [2.24, 2.45) is 5.73 Å². The third-order valence-electron chi connectivity index (χ3n) is 2.08. The van der Waals surface area contributed by atoms with E-state index in [2.05, 4.69) is 0 Å². The summed E-state index contributed by atoms with van der Waals surface area (Å²) in [7, 11) is 1.81. The first-order valence-electron chi connectivity index (χ1n) is 5.38. The quantitative estimate of drug-likeness (QED) is 0.606. The molecular weight excluding hydrogens is 204 g/mol. The second-order valence-electron chi connectivity index (χ2n) is 3.14. The van der Waals surface area contributed by atoms with Crippen molar-refractivity contribution in [2.75, 3.05) is 25.0 Å². The van der Waals surface area contributed by atoms with Gasteiger partial charge in [0.1, 0.15) is 0 Å². The molecule has 0 atom stereocenters. The summed E-state index contributed by atoms with van der Waals surface area (Å²) in [6.45, 7) is 5.45. The third-order valence-corrected chi connectivity index (χ3v) is 2.08. The van der Waals surface area contributed by atoms with Crippen LogP contribution in [0, 0.1) is 0 Å². The molecule has 0 amide bonds. The van der Waals surface area contributed by atoms with E-state index >= 15 is 0 Å². The molecule has 2 N–H and O–H groups in total. The molecule has 0 bridgehead atoms. The van der Waals surface area contributed by atoms with Gasteiger partial charge in [-0.1, -0.05) is 21.3 Å². The number of anilines is 1. The molecule has 0 radical (unpaired) electrons. The van der Waals surface area contributed by atoms with E-state index in [9.17, 15) is 9.59 Å². The number of nitrogens with two attached hydrogens (primary N) is 1. The number of hydrogen-bond acceptors (Lipinski definition) is 4. The first-order valence-corrected chi connectivity index (χ1v) is 5.38. The summed E-state index contributed by atoms with van der Waals surface area (Å²) in [4.78, 5) is 23.4. The Labute approximate surface area is 97.8 Å². The zero-order chi connectivity index (χ0) is 11.8. The van der Waals surface area contributed by atoms with E-state index in [1.54, 1.807) is 4.90 Å². The fraction of sp³-hybridized carbons (Fsp3) is 0.667. The summed E-state index contributed by atoms with van der Waals surface area (Å²) in [5.74, 6) is 0. The largest absolute Gasteiger partial charge is 0.371 e. The Morgan fingerprint density at radius 1 is 1.25 bits per heavy atom. The molecule has 0 aromatic heterocycles. The Morgan fingerprint density at radius 2 is 1.81 bits per heavy atom. The Morgan fingerprint density at radius 3 is 2.19 bits per heavy atom. The summed E-state index contributed by atoms with van der Waals surface area (Å²) in [5.41, 5.74) is 5.11. The van der Waals surface area contributed by atoms with Crippen molar-refractivity contribution in [3.05, 3.63) is 26.5 Å². The molecule has 4 nitrogen and oxygen atoms in total. The average molecular weight is 228 g/mol. The van der Waals surface area contributed by atoms with Crippen LogP contribution in [0.25, 0.3) is 0 Å². The molecule has 0 spiro atoms. The van der Waals surface area contributed by atoms with Crippen LogP contribution in [0.2, 0.25) is 0 Å². The van der Waals surface area contributed by atoms with E-state index in [0.717, 1.165) is 19.4 Å². The molecule has 1 rings (SSSR count). The van der Waals surface area contributed by atoms with Gasteiger partial charge in [-0.3, -0.25) is 9.59 Å². The van der Waals surface area contributed by atoms with Gasteiger partial charge in [0.05, 0.1) is 5.69 Å². The topological polar surface area (TPSA) is 63.4 Å². The fourth-order valence-electron chi connectivity index (χ4n) is 1.20. The van der Waals surface area contributed by atoms with E-state index in [1.165, 1.54) is 6.07 Å². The Balaban J connectivity index is 0. The van der Waals surface area contributed by atoms with Gasteiger partial charge in [-0.2, -0.15) is 0 Å². The van der Waals surface area contributed by atoms with E-state index < -0.39 is 0 Å². The van der Waals surface area contributed by atoms with Crippen LogP contribution in [-0.2, 0) is 0 Å². The van der Waals surface area contributed by atoms with Crippen LogP contribution in [0.4, 0.5) is 5.69 Å². The predicted molar refractivity (Wildman–Crippen MR) is 71.0 cm³/mol. The molecule has 4 heteroatoms. The number of hydrogen-bond donors (Lipinski definition) is 1. The lowest BCUT2D eigenvalue weighted by Gasteiger charge is -2.18. The van der Waals surface area contributed by atoms with Crippen LogP contribution in [0.3, 0.4) is 0 Å². The van der Waals surface area contributed by atoms with Crippen LogP contribution in [0.5, 0.6) is 0 Å². The standard InChI is InChI=1S/C9H14N2O2.C2H6.CH4/c1-11(5-3-2-4-10)7-6-8(12)9(7)13;1-2;/h6H,2-5,10H2,1H3;1-2H3;1H4. The van der Waals surface area contributed by atoms with Gasteiger partial charge < -0.3 is 10.6 Å². The summed E-state index contributed by atoms with van der Waals surface area (Å²) in [6.07, 6.45) is 1.89. The first-order chi connectivity index (χ1) is 7.16. The van der Waals surface area contributed by atoms with Crippen molar-refractivity contribution in [2.45, 2.75) is 34.1 Å². The summed E-state index contributed by atoms with van der Waals surface area (Å²) in [6, 6.07) is 1.38. The molecule has 1 aromatic rings. The van der Waals surface area contributed by atoms with Crippen LogP contribution < -0.4 is 21.5 Å². The molecular formula is C12H24N2O2. The second-order valence-corrected chi connectivity index (χ2v) is 3.14. The second kappa shape index (κ2) is 9.09. The zero-order valence-corrected chi connectivity index (χ0v) is 9.75. The Hall–Kier alpha value is -1.16. The fourth-order valence-corrected chi connectivity index (χ4v) is 1.20. The maximum Gasteiger partial charge on any atom is 0.249 e. The summed E-state index contributed by atoms with van der Waals surface area (Å²) >= 11 is 0. The minimum Gasteiger partial charge on any atom is -0.371 e. The number of rotatable bonds is 5. The van der Waals surface area contributed by atoms with Gasteiger partial charge in [0.15, 0.2) is 0 Å². The molecule has 0 aliphatic rings. The molecule has 0 aliphatic heterocycles. The Kier molecular flexibility index (Phi) is 9.80. The Bertz CT molecular complexity index is 340. The highest BCUT2D eigenvalue weighted by Crippen LogP contribution is 2.04. The van der Waals surface area contributed by atoms with E-state index in [1.807, 2.05) is 20.9 Å². The predicted octanol–water partition coefficient (Wildman–Crippen LogP) is 1.12. The monoisotopic (exact) mass is 228 g/mol. The van der Waals surface area contributed by atoms with Gasteiger partial charge in [0, 0.05) is 19.7 Å². The van der Waals surface area contributed by atoms with Gasteiger partial charge in [0.2, 0.25) is 10.9 Å². The van der Waals surface area contributed by atoms with Gasteiger partial charge in [-0.05, 0) is 19.4 Å². The van der Waals surface area contributed by atoms with Crippen molar-refractivity contribution < 1.29 is 0 Å². The van der Waals surface area contributed by atoms with Crippen molar-refractivity contribution >= 4 is 5.69 Å². The molecule has 0 saturated carbocycles. The van der Waals surface area contributed by atoms with Gasteiger partial charge in [-0.25, -0.2) is 0 Å². The van der Waals surface area contributed by atoms with E-state index in [4.69, 9.17) is 5.73 Å². The first kappa shape index (κ1) is 17.2. The summed E-state index contributed by atoms with van der Waals surface area (Å²) < 4.78 is 0. The molecule has 0 aliphatic carbocycles. The highest BCUT2D eigenvalue weighted by Gasteiger charge is 2.12. The molecule has 0 fully saturated rings. The zero-order valence-electron chi connectivity index (χ0n) is 9.75. The van der Waals surface area contributed by atoms with Crippen molar-refractivity contribution in [1.82, 2.24) is 0 Å². The van der Waals surface area contributed by atoms with E-state index in [0.29, 0.717) is 12.2 Å². The number of nitrogens with zero attached hydrogens (tertiary/aromatic N) is 1. The lowest BCUT2D eigenvalue weighted by atomic mass is 10.2. The lowest BCUT2D eigenvalue weighted by molar-refractivity contribution is 0.725. The molecule has 16 heavy (non-hydrogen) atoms. The van der Waals surface area contributed by atoms with Gasteiger partial charge >= 0.3 is 0 Å². The van der Waals surface area contributed by atoms with Crippen molar-refractivity contribution in [1.29, 1.82) is 0 Å². The van der Waals surface area contributed by atoms with Gasteiger partial charge in [-0.15, -0.1) is 0 Å². The smallest absolute Gasteiger partial charge is 0.249 e. The minimum absolute atomic E-state index is 0. The van der Waals surface area contributed by atoms with Crippen molar-refractivity contribution in [3.8, 4) is 0 Å². The number of unbranched alkanes of at least 4 members (excludes halogenated alkanes) is 1. The van der Waals surface area contributed by atoms with Gasteiger partial charge in [0.25, 0.3) is 0 Å². The highest BCUT2D eigenvalue weighted by atomic mass is 16.2. The SMILES string of the molecule is C.CC.CN(CCCCN)c1cc(=O)c1=O. The summed E-state index contributed by atoms with van der Waals surface area (Å²) in [5, 5.41) is 0. The molecule has 1 aromatic carbocycles. The normalized spacial score (nSPS) is 9.00. The average Bonchev–Trinajstić information content (AvgIpc) is 2.28. The van der Waals surface area contributed by atoms with E-state index in [-0.39, 0.29) is 18.3 Å². The molecule has 0 unspecified atom stereocenters.